The van der Waals surface area contributed by atoms with E-state index >= 15 is 0 Å². The largest absolute Gasteiger partial charge is 0.390 e. The fourth-order valence-corrected chi connectivity index (χ4v) is 3.53. The third-order valence-corrected chi connectivity index (χ3v) is 4.75. The van der Waals surface area contributed by atoms with Crippen molar-refractivity contribution in [3.05, 3.63) is 35.4 Å². The Kier molecular flexibility index (Phi) is 4.07. The van der Waals surface area contributed by atoms with Crippen molar-refractivity contribution >= 4 is 18.1 Å². The maximum Gasteiger partial charge on any atom is 0.262 e. The minimum Gasteiger partial charge on any atom is -0.390 e. The van der Waals surface area contributed by atoms with Crippen molar-refractivity contribution in [2.24, 2.45) is 5.92 Å². The summed E-state index contributed by atoms with van der Waals surface area (Å²) in [5, 5.41) is 10.5. The standard InChI is InChI=1S/C17H19NO4/c19-10-14(15(20)11-6-2-1-3-7-11)18-16(21)12-8-4-5-9-13(12)17(18)22/h4-5,8-11,14-15,20H,1-3,6-7H2/t14-,15+/m1/s1. The Balaban J connectivity index is 1.87. The molecule has 0 radical (unpaired) electrons. The van der Waals surface area contributed by atoms with Crippen molar-refractivity contribution in [1.82, 2.24) is 4.90 Å². The molecule has 0 bridgehead atoms. The van der Waals surface area contributed by atoms with Crippen molar-refractivity contribution in [3.8, 4) is 0 Å². The maximum atomic E-state index is 12.4. The predicted octanol–water partition coefficient (Wildman–Crippen LogP) is 1.79. The van der Waals surface area contributed by atoms with Crippen LogP contribution >= 0.6 is 0 Å². The highest BCUT2D eigenvalue weighted by molar-refractivity contribution is 6.22. The van der Waals surface area contributed by atoms with Crippen LogP contribution in [0.1, 0.15) is 52.8 Å². The Morgan fingerprint density at radius 3 is 2.09 bits per heavy atom. The van der Waals surface area contributed by atoms with Gasteiger partial charge in [-0.15, -0.1) is 0 Å². The first-order valence-corrected chi connectivity index (χ1v) is 7.75. The van der Waals surface area contributed by atoms with Gasteiger partial charge in [-0.05, 0) is 30.9 Å². The van der Waals surface area contributed by atoms with Crippen molar-refractivity contribution < 1.29 is 19.5 Å². The van der Waals surface area contributed by atoms with Crippen LogP contribution in [0.3, 0.4) is 0 Å². The molecule has 0 spiro atoms. The first kappa shape index (κ1) is 14.9. The number of rotatable bonds is 4. The molecule has 2 amide bonds. The number of aldehydes is 1. The van der Waals surface area contributed by atoms with Gasteiger partial charge in [0, 0.05) is 0 Å². The Morgan fingerprint density at radius 1 is 1.05 bits per heavy atom. The van der Waals surface area contributed by atoms with Crippen molar-refractivity contribution in [1.29, 1.82) is 0 Å². The summed E-state index contributed by atoms with van der Waals surface area (Å²) in [4.78, 5) is 37.3. The van der Waals surface area contributed by atoms with Gasteiger partial charge in [0.05, 0.1) is 17.2 Å². The molecular weight excluding hydrogens is 282 g/mol. The van der Waals surface area contributed by atoms with Gasteiger partial charge >= 0.3 is 0 Å². The molecule has 1 aromatic carbocycles. The molecule has 1 aromatic rings. The molecule has 1 saturated carbocycles. The first-order chi connectivity index (χ1) is 10.6. The van der Waals surface area contributed by atoms with Gasteiger partial charge in [-0.3, -0.25) is 14.5 Å². The third-order valence-electron chi connectivity index (χ3n) is 4.75. The molecule has 116 valence electrons. The van der Waals surface area contributed by atoms with E-state index in [1.807, 2.05) is 0 Å². The summed E-state index contributed by atoms with van der Waals surface area (Å²) in [6.45, 7) is 0. The van der Waals surface area contributed by atoms with Crippen LogP contribution in [0.5, 0.6) is 0 Å². The van der Waals surface area contributed by atoms with E-state index < -0.39 is 24.0 Å². The molecule has 22 heavy (non-hydrogen) atoms. The number of carbonyl (C=O) groups excluding carboxylic acids is 3. The summed E-state index contributed by atoms with van der Waals surface area (Å²) in [5.41, 5.74) is 0.602. The third kappa shape index (κ3) is 2.35. The van der Waals surface area contributed by atoms with Gasteiger partial charge in [0.25, 0.3) is 11.8 Å². The van der Waals surface area contributed by atoms with Gasteiger partial charge in [-0.2, -0.15) is 0 Å². The minimum absolute atomic E-state index is 0.0340. The Morgan fingerprint density at radius 2 is 1.59 bits per heavy atom. The van der Waals surface area contributed by atoms with Crippen LogP contribution in [0.2, 0.25) is 0 Å². The number of fused-ring (bicyclic) bond motifs is 1. The SMILES string of the molecule is O=C[C@H]([C@@H](O)C1CCCCC1)N1C(=O)c2ccccc2C1=O. The number of hydrogen-bond donors (Lipinski definition) is 1. The van der Waals surface area contributed by atoms with E-state index in [2.05, 4.69) is 0 Å². The number of benzene rings is 1. The molecule has 0 saturated heterocycles. The van der Waals surface area contributed by atoms with Crippen LogP contribution in [-0.2, 0) is 4.79 Å². The second-order valence-electron chi connectivity index (χ2n) is 6.04. The number of hydrogen-bond acceptors (Lipinski definition) is 4. The van der Waals surface area contributed by atoms with E-state index in [1.54, 1.807) is 24.3 Å². The average molecular weight is 301 g/mol. The number of carbonyl (C=O) groups is 3. The van der Waals surface area contributed by atoms with Gasteiger partial charge in [-0.25, -0.2) is 0 Å². The highest BCUT2D eigenvalue weighted by atomic mass is 16.3. The number of aliphatic hydroxyl groups excluding tert-OH is 1. The van der Waals surface area contributed by atoms with Crippen LogP contribution in [0.25, 0.3) is 0 Å². The van der Waals surface area contributed by atoms with Crippen LogP contribution in [0, 0.1) is 5.92 Å². The zero-order valence-corrected chi connectivity index (χ0v) is 12.3. The fourth-order valence-electron chi connectivity index (χ4n) is 3.53. The molecular formula is C17H19NO4. The van der Waals surface area contributed by atoms with Gasteiger partial charge < -0.3 is 9.90 Å². The lowest BCUT2D eigenvalue weighted by Crippen LogP contribution is -2.50. The Labute approximate surface area is 128 Å². The molecule has 1 fully saturated rings. The van der Waals surface area contributed by atoms with Crippen molar-refractivity contribution in [2.75, 3.05) is 0 Å². The van der Waals surface area contributed by atoms with E-state index in [9.17, 15) is 19.5 Å². The summed E-state index contributed by atoms with van der Waals surface area (Å²) in [6.07, 6.45) is 4.34. The number of nitrogens with zero attached hydrogens (tertiary/aromatic N) is 1. The molecule has 1 aliphatic heterocycles. The molecule has 1 heterocycles. The van der Waals surface area contributed by atoms with E-state index in [0.29, 0.717) is 17.4 Å². The van der Waals surface area contributed by atoms with Gasteiger partial charge in [-0.1, -0.05) is 31.4 Å². The van der Waals surface area contributed by atoms with E-state index in [0.717, 1.165) is 37.0 Å². The topological polar surface area (TPSA) is 74.7 Å². The summed E-state index contributed by atoms with van der Waals surface area (Å²) in [5.74, 6) is -1.02. The monoisotopic (exact) mass is 301 g/mol. The van der Waals surface area contributed by atoms with Gasteiger partial charge in [0.1, 0.15) is 12.3 Å². The highest BCUT2D eigenvalue weighted by Crippen LogP contribution is 2.31. The van der Waals surface area contributed by atoms with E-state index in [-0.39, 0.29) is 5.92 Å². The quantitative estimate of drug-likeness (QED) is 0.679. The van der Waals surface area contributed by atoms with Crippen LogP contribution in [-0.4, -0.2) is 40.3 Å². The first-order valence-electron chi connectivity index (χ1n) is 7.75. The normalized spacial score (nSPS) is 21.6. The smallest absolute Gasteiger partial charge is 0.262 e. The summed E-state index contributed by atoms with van der Waals surface area (Å²) in [6, 6.07) is 5.41. The molecule has 2 aliphatic rings. The Bertz CT molecular complexity index is 571. The highest BCUT2D eigenvalue weighted by Gasteiger charge is 2.44. The molecule has 3 rings (SSSR count). The lowest BCUT2D eigenvalue weighted by molar-refractivity contribution is -0.116. The van der Waals surface area contributed by atoms with Crippen molar-refractivity contribution in [2.45, 2.75) is 44.2 Å². The molecule has 5 nitrogen and oxygen atoms in total. The summed E-state index contributed by atoms with van der Waals surface area (Å²) < 4.78 is 0. The second kappa shape index (κ2) is 6.01. The van der Waals surface area contributed by atoms with Gasteiger partial charge in [0.15, 0.2) is 0 Å². The second-order valence-corrected chi connectivity index (χ2v) is 6.04. The summed E-state index contributed by atoms with van der Waals surface area (Å²) >= 11 is 0. The zero-order chi connectivity index (χ0) is 15.7. The number of amides is 2. The summed E-state index contributed by atoms with van der Waals surface area (Å²) in [7, 11) is 0. The minimum atomic E-state index is -1.10. The molecule has 5 heteroatoms. The lowest BCUT2D eigenvalue weighted by atomic mass is 9.82. The number of aliphatic hydroxyl groups is 1. The van der Waals surface area contributed by atoms with E-state index in [1.165, 1.54) is 0 Å². The maximum absolute atomic E-state index is 12.4. The average Bonchev–Trinajstić information content (AvgIpc) is 2.82. The molecule has 0 aromatic heterocycles. The Hall–Kier alpha value is -2.01. The van der Waals surface area contributed by atoms with Crippen molar-refractivity contribution in [3.63, 3.8) is 0 Å². The lowest BCUT2D eigenvalue weighted by Gasteiger charge is -2.33. The van der Waals surface area contributed by atoms with Crippen LogP contribution in [0.15, 0.2) is 24.3 Å². The molecule has 2 atom stereocenters. The van der Waals surface area contributed by atoms with Crippen LogP contribution in [0.4, 0.5) is 0 Å². The molecule has 1 aliphatic carbocycles. The van der Waals surface area contributed by atoms with Gasteiger partial charge in [0.2, 0.25) is 0 Å². The zero-order valence-electron chi connectivity index (χ0n) is 12.3. The molecule has 1 N–H and O–H groups in total. The van der Waals surface area contributed by atoms with E-state index in [4.69, 9.17) is 0 Å². The number of imide groups is 1. The van der Waals surface area contributed by atoms with Crippen LogP contribution < -0.4 is 0 Å². The predicted molar refractivity (Wildman–Crippen MR) is 79.4 cm³/mol. The fraction of sp³-hybridized carbons (Fsp3) is 0.471. The molecule has 0 unspecified atom stereocenters.